The number of hydrogen-bond acceptors (Lipinski definition) is 3. The van der Waals surface area contributed by atoms with E-state index in [1.165, 1.54) is 18.6 Å². The van der Waals surface area contributed by atoms with Crippen LogP contribution in [0.15, 0.2) is 0 Å². The highest BCUT2D eigenvalue weighted by molar-refractivity contribution is 7.99. The SMILES string of the molecule is CCCCSC1CCC(NC(C)C)(C(=O)O)C1. The summed E-state index contributed by atoms with van der Waals surface area (Å²) in [6, 6.07) is 0.227. The second-order valence-electron chi connectivity index (χ2n) is 5.28. The van der Waals surface area contributed by atoms with Crippen LogP contribution in [0.4, 0.5) is 0 Å². The van der Waals surface area contributed by atoms with Gasteiger partial charge in [0.1, 0.15) is 5.54 Å². The van der Waals surface area contributed by atoms with Gasteiger partial charge >= 0.3 is 5.97 Å². The average Bonchev–Trinajstić information content (AvgIpc) is 2.62. The van der Waals surface area contributed by atoms with Crippen LogP contribution in [-0.4, -0.2) is 33.7 Å². The normalized spacial score (nSPS) is 28.8. The van der Waals surface area contributed by atoms with E-state index in [-0.39, 0.29) is 6.04 Å². The Kier molecular flexibility index (Phi) is 5.80. The van der Waals surface area contributed by atoms with Gasteiger partial charge in [0.2, 0.25) is 0 Å². The summed E-state index contributed by atoms with van der Waals surface area (Å²) in [5.74, 6) is 0.489. The molecule has 0 saturated heterocycles. The van der Waals surface area contributed by atoms with Gasteiger partial charge in [-0.2, -0.15) is 11.8 Å². The molecule has 2 unspecified atom stereocenters. The Labute approximate surface area is 109 Å². The topological polar surface area (TPSA) is 49.3 Å². The Morgan fingerprint density at radius 1 is 1.59 bits per heavy atom. The van der Waals surface area contributed by atoms with E-state index in [0.717, 1.165) is 19.3 Å². The number of aliphatic carboxylic acids is 1. The lowest BCUT2D eigenvalue weighted by atomic mass is 9.97. The Morgan fingerprint density at radius 2 is 2.29 bits per heavy atom. The molecule has 100 valence electrons. The van der Waals surface area contributed by atoms with Crippen LogP contribution in [0, 0.1) is 0 Å². The van der Waals surface area contributed by atoms with Crippen molar-refractivity contribution >= 4 is 17.7 Å². The molecule has 0 aromatic rings. The van der Waals surface area contributed by atoms with Crippen LogP contribution in [0.5, 0.6) is 0 Å². The van der Waals surface area contributed by atoms with Gasteiger partial charge < -0.3 is 5.11 Å². The molecular formula is C13H25NO2S. The number of thioether (sulfide) groups is 1. The van der Waals surface area contributed by atoms with Gasteiger partial charge in [0.15, 0.2) is 0 Å². The summed E-state index contributed by atoms with van der Waals surface area (Å²) < 4.78 is 0. The molecule has 0 heterocycles. The first kappa shape index (κ1) is 14.8. The van der Waals surface area contributed by atoms with E-state index in [1.54, 1.807) is 0 Å². The van der Waals surface area contributed by atoms with Crippen molar-refractivity contribution in [1.82, 2.24) is 5.32 Å². The van der Waals surface area contributed by atoms with E-state index in [1.807, 2.05) is 25.6 Å². The molecular weight excluding hydrogens is 234 g/mol. The Balaban J connectivity index is 2.50. The molecule has 1 saturated carbocycles. The summed E-state index contributed by atoms with van der Waals surface area (Å²) in [5, 5.41) is 13.2. The number of unbranched alkanes of at least 4 members (excludes halogenated alkanes) is 1. The van der Waals surface area contributed by atoms with Crippen LogP contribution in [-0.2, 0) is 4.79 Å². The lowest BCUT2D eigenvalue weighted by Gasteiger charge is -2.28. The molecule has 0 spiro atoms. The number of carbonyl (C=O) groups is 1. The van der Waals surface area contributed by atoms with E-state index in [4.69, 9.17) is 0 Å². The van der Waals surface area contributed by atoms with E-state index in [0.29, 0.717) is 5.25 Å². The molecule has 1 fully saturated rings. The maximum absolute atomic E-state index is 11.5. The van der Waals surface area contributed by atoms with Gasteiger partial charge in [-0.1, -0.05) is 13.3 Å². The highest BCUT2D eigenvalue weighted by Gasteiger charge is 2.45. The summed E-state index contributed by atoms with van der Waals surface area (Å²) in [6.45, 7) is 6.22. The molecule has 17 heavy (non-hydrogen) atoms. The molecule has 2 atom stereocenters. The fourth-order valence-electron chi connectivity index (χ4n) is 2.48. The third kappa shape index (κ3) is 4.18. The van der Waals surface area contributed by atoms with Crippen LogP contribution in [0.25, 0.3) is 0 Å². The van der Waals surface area contributed by atoms with Crippen LogP contribution >= 0.6 is 11.8 Å². The maximum atomic E-state index is 11.5. The number of carboxylic acids is 1. The Morgan fingerprint density at radius 3 is 2.82 bits per heavy atom. The molecule has 0 radical (unpaired) electrons. The summed E-state index contributed by atoms with van der Waals surface area (Å²) in [5.41, 5.74) is -0.669. The van der Waals surface area contributed by atoms with Crippen molar-refractivity contribution in [3.63, 3.8) is 0 Å². The minimum Gasteiger partial charge on any atom is -0.480 e. The van der Waals surface area contributed by atoms with Crippen molar-refractivity contribution in [2.24, 2.45) is 0 Å². The zero-order valence-corrected chi connectivity index (χ0v) is 12.0. The predicted octanol–water partition coefficient (Wildman–Crippen LogP) is 2.89. The highest BCUT2D eigenvalue weighted by Crippen LogP contribution is 2.38. The first-order chi connectivity index (χ1) is 8.00. The molecule has 2 N–H and O–H groups in total. The van der Waals surface area contributed by atoms with Gasteiger partial charge in [-0.25, -0.2) is 0 Å². The number of rotatable bonds is 7. The van der Waals surface area contributed by atoms with E-state index >= 15 is 0 Å². The van der Waals surface area contributed by atoms with Crippen LogP contribution < -0.4 is 5.32 Å². The van der Waals surface area contributed by atoms with Gasteiger partial charge in [-0.05, 0) is 45.3 Å². The van der Waals surface area contributed by atoms with Crippen LogP contribution in [0.2, 0.25) is 0 Å². The molecule has 1 aliphatic rings. The van der Waals surface area contributed by atoms with Crippen molar-refractivity contribution in [3.8, 4) is 0 Å². The summed E-state index contributed by atoms with van der Waals surface area (Å²) in [4.78, 5) is 11.5. The molecule has 1 aliphatic carbocycles. The van der Waals surface area contributed by atoms with Gasteiger partial charge in [-0.15, -0.1) is 0 Å². The Bertz CT molecular complexity index is 258. The molecule has 3 nitrogen and oxygen atoms in total. The fourth-order valence-corrected chi connectivity index (χ4v) is 3.95. The van der Waals surface area contributed by atoms with Crippen molar-refractivity contribution < 1.29 is 9.90 Å². The summed E-state index contributed by atoms with van der Waals surface area (Å²) in [6.07, 6.45) is 5.02. The minimum atomic E-state index is -0.676. The van der Waals surface area contributed by atoms with Crippen molar-refractivity contribution in [2.45, 2.75) is 69.7 Å². The summed E-state index contributed by atoms with van der Waals surface area (Å²) in [7, 11) is 0. The van der Waals surface area contributed by atoms with Crippen molar-refractivity contribution in [3.05, 3.63) is 0 Å². The number of nitrogens with one attached hydrogen (secondary N) is 1. The van der Waals surface area contributed by atoms with Gasteiger partial charge in [0.25, 0.3) is 0 Å². The summed E-state index contributed by atoms with van der Waals surface area (Å²) >= 11 is 1.95. The van der Waals surface area contributed by atoms with Gasteiger partial charge in [-0.3, -0.25) is 10.1 Å². The first-order valence-electron chi connectivity index (χ1n) is 6.63. The molecule has 4 heteroatoms. The van der Waals surface area contributed by atoms with Crippen molar-refractivity contribution in [1.29, 1.82) is 0 Å². The van der Waals surface area contributed by atoms with Gasteiger partial charge in [0.05, 0.1) is 0 Å². The smallest absolute Gasteiger partial charge is 0.323 e. The number of carboxylic acid groups (broad SMARTS) is 1. The molecule has 0 amide bonds. The zero-order chi connectivity index (χ0) is 12.9. The lowest BCUT2D eigenvalue weighted by Crippen LogP contribution is -2.53. The third-order valence-electron chi connectivity index (χ3n) is 3.30. The highest BCUT2D eigenvalue weighted by atomic mass is 32.2. The lowest BCUT2D eigenvalue weighted by molar-refractivity contribution is -0.145. The molecule has 0 aliphatic heterocycles. The molecule has 0 aromatic carbocycles. The zero-order valence-electron chi connectivity index (χ0n) is 11.2. The second-order valence-corrected chi connectivity index (χ2v) is 6.68. The maximum Gasteiger partial charge on any atom is 0.323 e. The van der Waals surface area contributed by atoms with Crippen molar-refractivity contribution in [2.75, 3.05) is 5.75 Å². The van der Waals surface area contributed by atoms with Crippen LogP contribution in [0.1, 0.15) is 52.9 Å². The monoisotopic (exact) mass is 259 g/mol. The van der Waals surface area contributed by atoms with E-state index < -0.39 is 11.5 Å². The third-order valence-corrected chi connectivity index (χ3v) is 4.69. The minimum absolute atomic E-state index is 0.227. The molecule has 0 aromatic heterocycles. The largest absolute Gasteiger partial charge is 0.480 e. The van der Waals surface area contributed by atoms with Gasteiger partial charge in [0, 0.05) is 11.3 Å². The predicted molar refractivity (Wildman–Crippen MR) is 73.6 cm³/mol. The quantitative estimate of drug-likeness (QED) is 0.690. The van der Waals surface area contributed by atoms with E-state index in [2.05, 4.69) is 12.2 Å². The number of hydrogen-bond donors (Lipinski definition) is 2. The Hall–Kier alpha value is -0.220. The van der Waals surface area contributed by atoms with E-state index in [9.17, 15) is 9.90 Å². The molecule has 1 rings (SSSR count). The molecule has 0 bridgehead atoms. The van der Waals surface area contributed by atoms with Crippen LogP contribution in [0.3, 0.4) is 0 Å². The first-order valence-corrected chi connectivity index (χ1v) is 7.67. The average molecular weight is 259 g/mol. The fraction of sp³-hybridized carbons (Fsp3) is 0.923. The second kappa shape index (κ2) is 6.64. The standard InChI is InChI=1S/C13H25NO2S/c1-4-5-8-17-11-6-7-13(9-11,12(15)16)14-10(2)3/h10-11,14H,4-9H2,1-3H3,(H,15,16).